The van der Waals surface area contributed by atoms with Gasteiger partial charge in [-0.05, 0) is 36.9 Å². The molecule has 3 nitrogen and oxygen atoms in total. The molecule has 1 N–H and O–H groups in total. The molecule has 0 spiro atoms. The summed E-state index contributed by atoms with van der Waals surface area (Å²) in [5.41, 5.74) is 3.60. The fraction of sp³-hybridized carbons (Fsp3) is 0.500. The summed E-state index contributed by atoms with van der Waals surface area (Å²) in [6.07, 6.45) is 6.90. The molecule has 3 heteroatoms. The maximum absolute atomic E-state index is 4.62. The van der Waals surface area contributed by atoms with Crippen molar-refractivity contribution in [3.05, 3.63) is 35.8 Å². The minimum atomic E-state index is 0.489. The number of fused-ring (bicyclic) bond motifs is 1. The number of rotatable bonds is 2. The van der Waals surface area contributed by atoms with Crippen molar-refractivity contribution in [1.29, 1.82) is 0 Å². The second kappa shape index (κ2) is 4.15. The first-order valence-corrected chi connectivity index (χ1v) is 6.46. The van der Waals surface area contributed by atoms with Gasteiger partial charge in [0.2, 0.25) is 0 Å². The Bertz CT molecular complexity index is 521. The third kappa shape index (κ3) is 1.95. The van der Waals surface area contributed by atoms with Gasteiger partial charge < -0.3 is 9.72 Å². The maximum atomic E-state index is 4.62. The van der Waals surface area contributed by atoms with E-state index in [1.54, 1.807) is 0 Å². The minimum absolute atomic E-state index is 0.489. The highest BCUT2D eigenvalue weighted by molar-refractivity contribution is 5.42. The molecule has 2 aromatic heterocycles. The van der Waals surface area contributed by atoms with Crippen LogP contribution in [0.2, 0.25) is 0 Å². The molecule has 1 unspecified atom stereocenters. The summed E-state index contributed by atoms with van der Waals surface area (Å²) in [6.45, 7) is 5.51. The average Bonchev–Trinajstić information content (AvgIpc) is 2.97. The fourth-order valence-corrected chi connectivity index (χ4v) is 2.48. The second-order valence-corrected chi connectivity index (χ2v) is 5.20. The lowest BCUT2D eigenvalue weighted by Gasteiger charge is -2.10. The first-order chi connectivity index (χ1) is 8.24. The van der Waals surface area contributed by atoms with Crippen molar-refractivity contribution in [3.63, 3.8) is 0 Å². The molecule has 3 heterocycles. The van der Waals surface area contributed by atoms with Crippen LogP contribution in [0.3, 0.4) is 0 Å². The lowest BCUT2D eigenvalue weighted by Crippen LogP contribution is -2.13. The summed E-state index contributed by atoms with van der Waals surface area (Å²) in [7, 11) is 0. The number of imidazole rings is 1. The van der Waals surface area contributed by atoms with E-state index >= 15 is 0 Å². The van der Waals surface area contributed by atoms with Crippen molar-refractivity contribution >= 4 is 5.65 Å². The van der Waals surface area contributed by atoms with Gasteiger partial charge in [0.05, 0.1) is 5.69 Å². The van der Waals surface area contributed by atoms with Gasteiger partial charge in [0.15, 0.2) is 0 Å². The Hall–Kier alpha value is -1.35. The Labute approximate surface area is 102 Å². The first kappa shape index (κ1) is 10.8. The zero-order valence-electron chi connectivity index (χ0n) is 10.5. The van der Waals surface area contributed by atoms with Gasteiger partial charge in [-0.15, -0.1) is 0 Å². The highest BCUT2D eigenvalue weighted by Gasteiger charge is 2.16. The van der Waals surface area contributed by atoms with Crippen molar-refractivity contribution in [1.82, 2.24) is 14.7 Å². The predicted molar refractivity (Wildman–Crippen MR) is 69.3 cm³/mol. The Morgan fingerprint density at radius 2 is 2.24 bits per heavy atom. The van der Waals surface area contributed by atoms with Crippen LogP contribution >= 0.6 is 0 Å². The smallest absolute Gasteiger partial charge is 0.137 e. The number of nitrogens with zero attached hydrogens (tertiary/aromatic N) is 2. The van der Waals surface area contributed by atoms with Gasteiger partial charge in [-0.2, -0.15) is 0 Å². The van der Waals surface area contributed by atoms with Crippen LogP contribution in [0.15, 0.2) is 24.5 Å². The van der Waals surface area contributed by atoms with Gasteiger partial charge in [-0.3, -0.25) is 0 Å². The summed E-state index contributed by atoms with van der Waals surface area (Å²) >= 11 is 0. The van der Waals surface area contributed by atoms with Crippen LogP contribution in [0.5, 0.6) is 0 Å². The lowest BCUT2D eigenvalue weighted by atomic mass is 10.1. The van der Waals surface area contributed by atoms with Crippen LogP contribution < -0.4 is 5.32 Å². The largest absolute Gasteiger partial charge is 0.310 e. The molecule has 0 aliphatic carbocycles. The molecule has 90 valence electrons. The van der Waals surface area contributed by atoms with E-state index in [1.807, 2.05) is 0 Å². The summed E-state index contributed by atoms with van der Waals surface area (Å²) in [5, 5.41) is 3.53. The number of hydrogen-bond donors (Lipinski definition) is 1. The normalized spacial score (nSPS) is 20.5. The van der Waals surface area contributed by atoms with E-state index in [2.05, 4.69) is 53.1 Å². The molecule has 0 saturated carbocycles. The number of hydrogen-bond acceptors (Lipinski definition) is 2. The van der Waals surface area contributed by atoms with E-state index in [0.29, 0.717) is 12.0 Å². The second-order valence-electron chi connectivity index (χ2n) is 5.20. The van der Waals surface area contributed by atoms with Crippen molar-refractivity contribution in [3.8, 4) is 0 Å². The maximum Gasteiger partial charge on any atom is 0.137 e. The molecular weight excluding hydrogens is 210 g/mol. The molecule has 0 bridgehead atoms. The van der Waals surface area contributed by atoms with Crippen LogP contribution in [0.25, 0.3) is 5.65 Å². The van der Waals surface area contributed by atoms with Gasteiger partial charge >= 0.3 is 0 Å². The zero-order chi connectivity index (χ0) is 11.8. The Morgan fingerprint density at radius 3 is 2.94 bits per heavy atom. The average molecular weight is 229 g/mol. The van der Waals surface area contributed by atoms with Crippen LogP contribution in [0.4, 0.5) is 0 Å². The molecule has 2 aromatic rings. The molecule has 1 fully saturated rings. The Morgan fingerprint density at radius 1 is 1.35 bits per heavy atom. The summed E-state index contributed by atoms with van der Waals surface area (Å²) in [5.74, 6) is 0.489. The molecule has 1 aliphatic rings. The molecule has 1 atom stereocenters. The summed E-state index contributed by atoms with van der Waals surface area (Å²) in [4.78, 5) is 4.62. The van der Waals surface area contributed by atoms with Crippen LogP contribution in [-0.4, -0.2) is 15.9 Å². The van der Waals surface area contributed by atoms with E-state index in [4.69, 9.17) is 0 Å². The Kier molecular flexibility index (Phi) is 2.63. The van der Waals surface area contributed by atoms with Crippen molar-refractivity contribution in [2.45, 2.75) is 38.6 Å². The van der Waals surface area contributed by atoms with Gasteiger partial charge in [0, 0.05) is 18.4 Å². The SMILES string of the molecule is CC(C)c1cn2cc(C3CCCN3)ccc2n1. The van der Waals surface area contributed by atoms with Crippen molar-refractivity contribution in [2.24, 2.45) is 0 Å². The van der Waals surface area contributed by atoms with E-state index in [9.17, 15) is 0 Å². The predicted octanol–water partition coefficient (Wildman–Crippen LogP) is 2.88. The van der Waals surface area contributed by atoms with Crippen LogP contribution in [0.1, 0.15) is 49.9 Å². The number of nitrogens with one attached hydrogen (secondary N) is 1. The first-order valence-electron chi connectivity index (χ1n) is 6.46. The zero-order valence-corrected chi connectivity index (χ0v) is 10.5. The quantitative estimate of drug-likeness (QED) is 0.858. The van der Waals surface area contributed by atoms with E-state index in [1.165, 1.54) is 24.1 Å². The molecule has 17 heavy (non-hydrogen) atoms. The number of aromatic nitrogens is 2. The topological polar surface area (TPSA) is 29.3 Å². The fourth-order valence-electron chi connectivity index (χ4n) is 2.48. The van der Waals surface area contributed by atoms with Crippen LogP contribution in [-0.2, 0) is 0 Å². The lowest BCUT2D eigenvalue weighted by molar-refractivity contribution is 0.644. The molecule has 3 rings (SSSR count). The van der Waals surface area contributed by atoms with Gasteiger partial charge in [-0.1, -0.05) is 19.9 Å². The third-order valence-corrected chi connectivity index (χ3v) is 3.55. The molecule has 0 radical (unpaired) electrons. The van der Waals surface area contributed by atoms with Crippen molar-refractivity contribution < 1.29 is 0 Å². The minimum Gasteiger partial charge on any atom is -0.310 e. The van der Waals surface area contributed by atoms with E-state index < -0.39 is 0 Å². The molecular formula is C14H19N3. The highest BCUT2D eigenvalue weighted by atomic mass is 15.0. The molecule has 0 amide bonds. The molecule has 0 aromatic carbocycles. The van der Waals surface area contributed by atoms with E-state index in [0.717, 1.165) is 12.2 Å². The monoisotopic (exact) mass is 229 g/mol. The Balaban J connectivity index is 2.00. The third-order valence-electron chi connectivity index (χ3n) is 3.55. The van der Waals surface area contributed by atoms with Gasteiger partial charge in [0.25, 0.3) is 0 Å². The van der Waals surface area contributed by atoms with E-state index in [-0.39, 0.29) is 0 Å². The van der Waals surface area contributed by atoms with Crippen LogP contribution in [0, 0.1) is 0 Å². The highest BCUT2D eigenvalue weighted by Crippen LogP contribution is 2.24. The van der Waals surface area contributed by atoms with Crippen molar-refractivity contribution in [2.75, 3.05) is 6.54 Å². The molecule has 1 aliphatic heterocycles. The van der Waals surface area contributed by atoms with Gasteiger partial charge in [-0.25, -0.2) is 4.98 Å². The molecule has 1 saturated heterocycles. The van der Waals surface area contributed by atoms with Gasteiger partial charge in [0.1, 0.15) is 5.65 Å². The standard InChI is InChI=1S/C14H19N3/c1-10(2)13-9-17-8-11(5-6-14(17)16-13)12-4-3-7-15-12/h5-6,8-10,12,15H,3-4,7H2,1-2H3. The summed E-state index contributed by atoms with van der Waals surface area (Å²) in [6, 6.07) is 4.86. The summed E-state index contributed by atoms with van der Waals surface area (Å²) < 4.78 is 2.16. The number of pyridine rings is 1.